The Morgan fingerprint density at radius 3 is 3.29 bits per heavy atom. The highest BCUT2D eigenvalue weighted by molar-refractivity contribution is 5.25. The monoisotopic (exact) mass is 191 g/mol. The normalized spacial score (nSPS) is 20.5. The molecule has 0 bridgehead atoms. The second kappa shape index (κ2) is 4.56. The summed E-state index contributed by atoms with van der Waals surface area (Å²) in [7, 11) is 0. The van der Waals surface area contributed by atoms with E-state index in [0.29, 0.717) is 12.5 Å². The summed E-state index contributed by atoms with van der Waals surface area (Å²) >= 11 is 0. The summed E-state index contributed by atoms with van der Waals surface area (Å²) in [5.41, 5.74) is 2.70. The summed E-state index contributed by atoms with van der Waals surface area (Å²) in [6, 6.07) is 4.21. The quantitative estimate of drug-likeness (QED) is 0.795. The summed E-state index contributed by atoms with van der Waals surface area (Å²) in [5.74, 6) is 0.590. The smallest absolute Gasteiger partial charge is 0.0466 e. The predicted molar refractivity (Wildman–Crippen MR) is 56.2 cm³/mol. The second-order valence-corrected chi connectivity index (χ2v) is 4.00. The third kappa shape index (κ3) is 1.95. The number of pyridine rings is 1. The molecule has 1 unspecified atom stereocenters. The van der Waals surface area contributed by atoms with Crippen LogP contribution in [0, 0.1) is 0 Å². The molecule has 0 aliphatic heterocycles. The maximum Gasteiger partial charge on any atom is 0.0466 e. The van der Waals surface area contributed by atoms with Crippen molar-refractivity contribution in [2.24, 2.45) is 0 Å². The lowest BCUT2D eigenvalue weighted by Gasteiger charge is -2.23. The van der Waals surface area contributed by atoms with Crippen LogP contribution in [0.2, 0.25) is 0 Å². The number of hydrogen-bond donors (Lipinski definition) is 1. The van der Waals surface area contributed by atoms with Crippen molar-refractivity contribution in [1.82, 2.24) is 4.98 Å². The van der Waals surface area contributed by atoms with Gasteiger partial charge in [-0.15, -0.1) is 0 Å². The van der Waals surface area contributed by atoms with Gasteiger partial charge in [0.2, 0.25) is 0 Å². The number of nitrogens with zero attached hydrogens (tertiary/aromatic N) is 1. The summed E-state index contributed by atoms with van der Waals surface area (Å²) in [6.45, 7) is 0.304. The number of fused-ring (bicyclic) bond motifs is 1. The zero-order chi connectivity index (χ0) is 9.80. The molecule has 2 rings (SSSR count). The summed E-state index contributed by atoms with van der Waals surface area (Å²) < 4.78 is 0. The van der Waals surface area contributed by atoms with Crippen molar-refractivity contribution in [2.45, 2.75) is 38.0 Å². The van der Waals surface area contributed by atoms with Crippen LogP contribution >= 0.6 is 0 Å². The van der Waals surface area contributed by atoms with Crippen LogP contribution in [0.3, 0.4) is 0 Å². The average Bonchev–Trinajstić information content (AvgIpc) is 2.26. The second-order valence-electron chi connectivity index (χ2n) is 4.00. The van der Waals surface area contributed by atoms with Gasteiger partial charge in [-0.1, -0.05) is 6.07 Å². The Kier molecular flexibility index (Phi) is 3.14. The van der Waals surface area contributed by atoms with E-state index in [1.807, 2.05) is 12.3 Å². The van der Waals surface area contributed by atoms with Crippen LogP contribution < -0.4 is 0 Å². The molecule has 0 saturated heterocycles. The minimum absolute atomic E-state index is 0.304. The Labute approximate surface area is 85.0 Å². The van der Waals surface area contributed by atoms with E-state index in [9.17, 15) is 0 Å². The molecule has 1 aromatic rings. The van der Waals surface area contributed by atoms with Gasteiger partial charge >= 0.3 is 0 Å². The molecule has 0 spiro atoms. The Morgan fingerprint density at radius 1 is 1.50 bits per heavy atom. The molecule has 0 aromatic carbocycles. The number of aliphatic hydroxyl groups is 1. The van der Waals surface area contributed by atoms with Crippen molar-refractivity contribution in [2.75, 3.05) is 6.61 Å². The van der Waals surface area contributed by atoms with E-state index < -0.39 is 0 Å². The van der Waals surface area contributed by atoms with Gasteiger partial charge in [0.25, 0.3) is 0 Å². The van der Waals surface area contributed by atoms with Crippen molar-refractivity contribution < 1.29 is 5.11 Å². The minimum atomic E-state index is 0.304. The molecule has 0 fully saturated rings. The van der Waals surface area contributed by atoms with Crippen LogP contribution in [0.15, 0.2) is 18.3 Å². The largest absolute Gasteiger partial charge is 0.396 e. The summed E-state index contributed by atoms with van der Waals surface area (Å²) in [6.07, 6.45) is 7.56. The minimum Gasteiger partial charge on any atom is -0.396 e. The molecular weight excluding hydrogens is 174 g/mol. The first-order valence-corrected chi connectivity index (χ1v) is 5.46. The third-order valence-corrected chi connectivity index (χ3v) is 3.02. The Morgan fingerprint density at radius 2 is 2.43 bits per heavy atom. The fourth-order valence-electron chi connectivity index (χ4n) is 2.32. The number of hydrogen-bond acceptors (Lipinski definition) is 2. The Bertz CT molecular complexity index is 298. The maximum absolute atomic E-state index is 8.82. The fourth-order valence-corrected chi connectivity index (χ4v) is 2.32. The van der Waals surface area contributed by atoms with Gasteiger partial charge in [-0.2, -0.15) is 0 Å². The lowest BCUT2D eigenvalue weighted by Crippen LogP contribution is -2.12. The number of aliphatic hydroxyl groups excluding tert-OH is 1. The van der Waals surface area contributed by atoms with Crippen LogP contribution in [-0.2, 0) is 6.42 Å². The molecule has 2 nitrogen and oxygen atoms in total. The molecule has 0 amide bonds. The highest BCUT2D eigenvalue weighted by Gasteiger charge is 2.20. The van der Waals surface area contributed by atoms with Gasteiger partial charge in [0.15, 0.2) is 0 Å². The lowest BCUT2D eigenvalue weighted by molar-refractivity contribution is 0.276. The Hall–Kier alpha value is -0.890. The molecular formula is C12H17NO. The zero-order valence-corrected chi connectivity index (χ0v) is 8.45. The van der Waals surface area contributed by atoms with E-state index in [1.165, 1.54) is 30.5 Å². The highest BCUT2D eigenvalue weighted by Crippen LogP contribution is 2.32. The van der Waals surface area contributed by atoms with E-state index in [1.54, 1.807) is 0 Å². The highest BCUT2D eigenvalue weighted by atomic mass is 16.2. The SMILES string of the molecule is OCCCC1CCCc2cccnc21. The maximum atomic E-state index is 8.82. The zero-order valence-electron chi connectivity index (χ0n) is 8.45. The molecule has 0 saturated carbocycles. The van der Waals surface area contributed by atoms with Crippen molar-refractivity contribution in [3.05, 3.63) is 29.6 Å². The van der Waals surface area contributed by atoms with Gasteiger partial charge in [0.1, 0.15) is 0 Å². The molecule has 1 aliphatic carbocycles. The van der Waals surface area contributed by atoms with E-state index in [0.717, 1.165) is 12.8 Å². The van der Waals surface area contributed by atoms with E-state index in [-0.39, 0.29) is 0 Å². The van der Waals surface area contributed by atoms with Gasteiger partial charge in [-0.3, -0.25) is 4.98 Å². The summed E-state index contributed by atoms with van der Waals surface area (Å²) in [5, 5.41) is 8.82. The average molecular weight is 191 g/mol. The van der Waals surface area contributed by atoms with Crippen LogP contribution in [0.1, 0.15) is 42.9 Å². The van der Waals surface area contributed by atoms with Crippen LogP contribution in [-0.4, -0.2) is 16.7 Å². The third-order valence-electron chi connectivity index (χ3n) is 3.02. The molecule has 1 aliphatic rings. The first-order chi connectivity index (χ1) is 6.92. The first-order valence-electron chi connectivity index (χ1n) is 5.46. The van der Waals surface area contributed by atoms with E-state index >= 15 is 0 Å². The topological polar surface area (TPSA) is 33.1 Å². The molecule has 76 valence electrons. The molecule has 14 heavy (non-hydrogen) atoms. The molecule has 2 heteroatoms. The molecule has 1 N–H and O–H groups in total. The van der Waals surface area contributed by atoms with E-state index in [4.69, 9.17) is 5.11 Å². The number of rotatable bonds is 3. The number of aryl methyl sites for hydroxylation is 1. The van der Waals surface area contributed by atoms with Crippen molar-refractivity contribution in [1.29, 1.82) is 0 Å². The lowest BCUT2D eigenvalue weighted by atomic mass is 9.84. The molecule has 1 atom stereocenters. The van der Waals surface area contributed by atoms with Gasteiger partial charge < -0.3 is 5.11 Å². The van der Waals surface area contributed by atoms with Crippen molar-refractivity contribution in [3.63, 3.8) is 0 Å². The fraction of sp³-hybridized carbons (Fsp3) is 0.583. The van der Waals surface area contributed by atoms with Gasteiger partial charge in [-0.05, 0) is 43.7 Å². The van der Waals surface area contributed by atoms with Gasteiger partial charge in [0.05, 0.1) is 0 Å². The number of aromatic nitrogens is 1. The van der Waals surface area contributed by atoms with E-state index in [2.05, 4.69) is 11.1 Å². The van der Waals surface area contributed by atoms with Gasteiger partial charge in [-0.25, -0.2) is 0 Å². The van der Waals surface area contributed by atoms with Gasteiger partial charge in [0, 0.05) is 24.4 Å². The van der Waals surface area contributed by atoms with Crippen LogP contribution in [0.5, 0.6) is 0 Å². The first kappa shape index (κ1) is 9.66. The van der Waals surface area contributed by atoms with Crippen LogP contribution in [0.25, 0.3) is 0 Å². The van der Waals surface area contributed by atoms with Crippen LogP contribution in [0.4, 0.5) is 0 Å². The molecule has 1 heterocycles. The Balaban J connectivity index is 2.14. The molecule has 1 aromatic heterocycles. The van der Waals surface area contributed by atoms with Crippen molar-refractivity contribution >= 4 is 0 Å². The molecule has 0 radical (unpaired) electrons. The summed E-state index contributed by atoms with van der Waals surface area (Å²) in [4.78, 5) is 4.47. The standard InChI is InChI=1S/C12H17NO/c14-9-3-7-11-5-1-4-10-6-2-8-13-12(10)11/h2,6,8,11,14H,1,3-5,7,9H2. The van der Waals surface area contributed by atoms with Crippen molar-refractivity contribution in [3.8, 4) is 0 Å². The predicted octanol–water partition coefficient (Wildman–Crippen LogP) is 2.27.